The Kier molecular flexibility index (Phi) is 3.52. The van der Waals surface area contributed by atoms with Crippen LogP contribution in [-0.2, 0) is 6.42 Å². The quantitative estimate of drug-likeness (QED) is 0.833. The number of hydrogen-bond acceptors (Lipinski definition) is 3. The zero-order chi connectivity index (χ0) is 11.7. The number of alkyl halides is 1. The first-order valence-electron chi connectivity index (χ1n) is 5.45. The van der Waals surface area contributed by atoms with E-state index in [1.54, 1.807) is 6.92 Å². The van der Waals surface area contributed by atoms with Crippen molar-refractivity contribution >= 4 is 21.6 Å². The van der Waals surface area contributed by atoms with E-state index in [4.69, 9.17) is 0 Å². The maximum Gasteiger partial charge on any atom is 0.124 e. The molecule has 2 unspecified atom stereocenters. The number of anilines is 1. The minimum Gasteiger partial charge on any atom is -0.388 e. The highest BCUT2D eigenvalue weighted by atomic mass is 79.9. The van der Waals surface area contributed by atoms with E-state index in [2.05, 4.69) is 15.9 Å². The van der Waals surface area contributed by atoms with Crippen molar-refractivity contribution in [3.05, 3.63) is 29.3 Å². The molecule has 88 valence electrons. The third kappa shape index (κ3) is 2.10. The van der Waals surface area contributed by atoms with E-state index in [1.165, 1.54) is 5.56 Å². The van der Waals surface area contributed by atoms with Gasteiger partial charge in [-0.1, -0.05) is 28.1 Å². The van der Waals surface area contributed by atoms with Crippen LogP contribution in [0.3, 0.4) is 0 Å². The molecule has 0 radical (unpaired) electrons. The molecule has 3 nitrogen and oxygen atoms in total. The van der Waals surface area contributed by atoms with Gasteiger partial charge in [0.1, 0.15) is 6.23 Å². The molecular formula is C12H16BrNO2. The van der Waals surface area contributed by atoms with Gasteiger partial charge >= 0.3 is 0 Å². The monoisotopic (exact) mass is 285 g/mol. The smallest absolute Gasteiger partial charge is 0.124 e. The van der Waals surface area contributed by atoms with Crippen molar-refractivity contribution in [1.29, 1.82) is 0 Å². The number of fused-ring (bicyclic) bond motifs is 1. The van der Waals surface area contributed by atoms with E-state index in [-0.39, 0.29) is 0 Å². The lowest BCUT2D eigenvalue weighted by molar-refractivity contribution is 0.191. The second-order valence-corrected chi connectivity index (χ2v) is 4.78. The number of nitrogens with zero attached hydrogens (tertiary/aromatic N) is 1. The summed E-state index contributed by atoms with van der Waals surface area (Å²) in [6.07, 6.45) is 0.0300. The van der Waals surface area contributed by atoms with Crippen LogP contribution < -0.4 is 4.90 Å². The predicted octanol–water partition coefficient (Wildman–Crippen LogP) is 1.82. The lowest BCUT2D eigenvalue weighted by atomic mass is 10.1. The van der Waals surface area contributed by atoms with Gasteiger partial charge < -0.3 is 15.1 Å². The molecule has 1 aliphatic heterocycles. The van der Waals surface area contributed by atoms with Gasteiger partial charge in [-0.25, -0.2) is 0 Å². The van der Waals surface area contributed by atoms with Crippen molar-refractivity contribution in [2.45, 2.75) is 25.7 Å². The van der Waals surface area contributed by atoms with Crippen LogP contribution in [0.4, 0.5) is 5.69 Å². The SMILES string of the molecule is CC(O)N1CCc2cc(C(O)CBr)ccc21. The van der Waals surface area contributed by atoms with Crippen molar-refractivity contribution in [2.24, 2.45) is 0 Å². The van der Waals surface area contributed by atoms with Crippen LogP contribution in [0.2, 0.25) is 0 Å². The molecule has 0 spiro atoms. The number of halogens is 1. The first-order valence-corrected chi connectivity index (χ1v) is 6.57. The zero-order valence-electron chi connectivity index (χ0n) is 9.23. The Bertz CT molecular complexity index is 381. The van der Waals surface area contributed by atoms with Crippen LogP contribution in [0, 0.1) is 0 Å². The number of rotatable bonds is 3. The van der Waals surface area contributed by atoms with Gasteiger partial charge in [0, 0.05) is 17.6 Å². The van der Waals surface area contributed by atoms with Gasteiger partial charge in [-0.3, -0.25) is 0 Å². The minimum absolute atomic E-state index is 0.451. The van der Waals surface area contributed by atoms with Crippen LogP contribution >= 0.6 is 15.9 Å². The van der Waals surface area contributed by atoms with Gasteiger partial charge in [-0.15, -0.1) is 0 Å². The largest absolute Gasteiger partial charge is 0.388 e. The zero-order valence-corrected chi connectivity index (χ0v) is 10.8. The summed E-state index contributed by atoms with van der Waals surface area (Å²) < 4.78 is 0. The van der Waals surface area contributed by atoms with Crippen molar-refractivity contribution in [1.82, 2.24) is 0 Å². The van der Waals surface area contributed by atoms with Gasteiger partial charge in [0.2, 0.25) is 0 Å². The number of benzene rings is 1. The van der Waals surface area contributed by atoms with Crippen LogP contribution in [0.1, 0.15) is 24.2 Å². The van der Waals surface area contributed by atoms with E-state index in [9.17, 15) is 10.2 Å². The van der Waals surface area contributed by atoms with E-state index in [0.717, 1.165) is 24.2 Å². The van der Waals surface area contributed by atoms with Crippen LogP contribution in [0.15, 0.2) is 18.2 Å². The second kappa shape index (κ2) is 4.73. The number of hydrogen-bond donors (Lipinski definition) is 2. The Balaban J connectivity index is 2.29. The molecule has 0 aromatic heterocycles. The standard InChI is InChI=1S/C12H16BrNO2/c1-8(15)14-5-4-9-6-10(12(16)7-13)2-3-11(9)14/h2-3,6,8,12,15-16H,4-5,7H2,1H3. The third-order valence-electron chi connectivity index (χ3n) is 3.02. The average Bonchev–Trinajstić information content (AvgIpc) is 2.70. The molecule has 2 rings (SSSR count). The molecule has 0 saturated carbocycles. The minimum atomic E-state index is -0.453. The van der Waals surface area contributed by atoms with Crippen LogP contribution in [0.25, 0.3) is 0 Å². The Labute approximate surface area is 104 Å². The summed E-state index contributed by atoms with van der Waals surface area (Å²) in [5.41, 5.74) is 3.22. The van der Waals surface area contributed by atoms with Crippen LogP contribution in [0.5, 0.6) is 0 Å². The average molecular weight is 286 g/mol. The van der Waals surface area contributed by atoms with Gasteiger partial charge in [0.15, 0.2) is 0 Å². The molecule has 1 aromatic rings. The molecule has 1 aliphatic rings. The van der Waals surface area contributed by atoms with Gasteiger partial charge in [0.25, 0.3) is 0 Å². The molecule has 0 amide bonds. The van der Waals surface area contributed by atoms with Gasteiger partial charge in [0.05, 0.1) is 6.10 Å². The number of aliphatic hydroxyl groups excluding tert-OH is 2. The fraction of sp³-hybridized carbons (Fsp3) is 0.500. The lowest BCUT2D eigenvalue weighted by Gasteiger charge is -2.22. The maximum absolute atomic E-state index is 9.73. The van der Waals surface area contributed by atoms with Gasteiger partial charge in [-0.05, 0) is 30.5 Å². The second-order valence-electron chi connectivity index (χ2n) is 4.13. The third-order valence-corrected chi connectivity index (χ3v) is 3.63. The lowest BCUT2D eigenvalue weighted by Crippen LogP contribution is -2.30. The molecule has 2 atom stereocenters. The molecule has 0 fully saturated rings. The highest BCUT2D eigenvalue weighted by Gasteiger charge is 2.22. The van der Waals surface area contributed by atoms with Crippen molar-refractivity contribution in [2.75, 3.05) is 16.8 Å². The first-order chi connectivity index (χ1) is 7.63. The maximum atomic E-state index is 9.73. The Morgan fingerprint density at radius 2 is 2.19 bits per heavy atom. The highest BCUT2D eigenvalue weighted by molar-refractivity contribution is 9.09. The van der Waals surface area contributed by atoms with E-state index in [0.29, 0.717) is 5.33 Å². The molecule has 0 bridgehead atoms. The Hall–Kier alpha value is -0.580. The topological polar surface area (TPSA) is 43.7 Å². The molecular weight excluding hydrogens is 270 g/mol. The fourth-order valence-electron chi connectivity index (χ4n) is 2.13. The molecule has 2 N–H and O–H groups in total. The summed E-state index contributed by atoms with van der Waals surface area (Å²) in [7, 11) is 0. The van der Waals surface area contributed by atoms with E-state index in [1.807, 2.05) is 23.1 Å². The van der Waals surface area contributed by atoms with E-state index >= 15 is 0 Å². The number of aliphatic hydroxyl groups is 2. The summed E-state index contributed by atoms with van der Waals surface area (Å²) in [4.78, 5) is 1.97. The summed E-state index contributed by atoms with van der Waals surface area (Å²) in [6.45, 7) is 2.62. The summed E-state index contributed by atoms with van der Waals surface area (Å²) in [5.74, 6) is 0. The molecule has 0 saturated heterocycles. The molecule has 0 aliphatic carbocycles. The van der Waals surface area contributed by atoms with Crippen LogP contribution in [-0.4, -0.2) is 28.3 Å². The summed E-state index contributed by atoms with van der Waals surface area (Å²) in [5, 5.41) is 19.9. The molecule has 1 aromatic carbocycles. The molecule has 1 heterocycles. The Morgan fingerprint density at radius 3 is 2.81 bits per heavy atom. The van der Waals surface area contributed by atoms with Crippen molar-refractivity contribution in [3.63, 3.8) is 0 Å². The molecule has 4 heteroatoms. The predicted molar refractivity (Wildman–Crippen MR) is 67.9 cm³/mol. The van der Waals surface area contributed by atoms with Gasteiger partial charge in [-0.2, -0.15) is 0 Å². The van der Waals surface area contributed by atoms with E-state index < -0.39 is 12.3 Å². The normalized spacial score (nSPS) is 18.4. The Morgan fingerprint density at radius 1 is 1.44 bits per heavy atom. The van der Waals surface area contributed by atoms with Crippen molar-refractivity contribution in [3.8, 4) is 0 Å². The first kappa shape index (κ1) is 11.9. The summed E-state index contributed by atoms with van der Waals surface area (Å²) >= 11 is 3.27. The summed E-state index contributed by atoms with van der Waals surface area (Å²) in [6, 6.07) is 5.94. The molecule has 16 heavy (non-hydrogen) atoms. The fourth-order valence-corrected chi connectivity index (χ4v) is 2.51. The highest BCUT2D eigenvalue weighted by Crippen LogP contribution is 2.31. The van der Waals surface area contributed by atoms with Crippen molar-refractivity contribution < 1.29 is 10.2 Å².